The van der Waals surface area contributed by atoms with Crippen molar-refractivity contribution in [1.82, 2.24) is 9.97 Å². The highest BCUT2D eigenvalue weighted by atomic mass is 35.5. The van der Waals surface area contributed by atoms with Gasteiger partial charge in [-0.15, -0.1) is 0 Å². The van der Waals surface area contributed by atoms with Gasteiger partial charge >= 0.3 is 0 Å². The van der Waals surface area contributed by atoms with E-state index in [0.29, 0.717) is 19.8 Å². The molecule has 30 heavy (non-hydrogen) atoms. The quantitative estimate of drug-likeness (QED) is 0.629. The zero-order valence-corrected chi connectivity index (χ0v) is 16.2. The van der Waals surface area contributed by atoms with E-state index in [1.54, 1.807) is 0 Å². The highest BCUT2D eigenvalue weighted by molar-refractivity contribution is 6.31. The second-order valence-electron chi connectivity index (χ2n) is 6.50. The standard InChI is InChI=1S/C20H15ClF2N4O3/c21-16-14(22)2-1-12(17(16)23)13-5-10(6-24)19(15-18(13)26-9-27-20(15)25)30-8-11-7-28-3-4-29-11/h1-2,5,9,11H,3-4,7-8H2,(H2,25,26,27). The summed E-state index contributed by atoms with van der Waals surface area (Å²) in [5.74, 6) is -1.67. The van der Waals surface area contributed by atoms with Gasteiger partial charge < -0.3 is 19.9 Å². The lowest BCUT2D eigenvalue weighted by molar-refractivity contribution is -0.101. The van der Waals surface area contributed by atoms with Crippen LogP contribution in [0.25, 0.3) is 22.0 Å². The average Bonchev–Trinajstić information content (AvgIpc) is 2.77. The molecule has 1 atom stereocenters. The maximum atomic E-state index is 14.7. The lowest BCUT2D eigenvalue weighted by atomic mass is 9.97. The Bertz CT molecular complexity index is 1160. The Labute approximate surface area is 175 Å². The monoisotopic (exact) mass is 432 g/mol. The number of nitriles is 1. The average molecular weight is 433 g/mol. The van der Waals surface area contributed by atoms with Crippen molar-refractivity contribution < 1.29 is 23.0 Å². The Hall–Kier alpha value is -3.06. The van der Waals surface area contributed by atoms with Crippen LogP contribution in [0.1, 0.15) is 5.56 Å². The fourth-order valence-electron chi connectivity index (χ4n) is 3.22. The maximum Gasteiger partial charge on any atom is 0.152 e. The van der Waals surface area contributed by atoms with Crippen LogP contribution in [0, 0.1) is 23.0 Å². The fourth-order valence-corrected chi connectivity index (χ4v) is 3.39. The number of nitrogen functional groups attached to an aromatic ring is 1. The number of fused-ring (bicyclic) bond motifs is 1. The highest BCUT2D eigenvalue weighted by Gasteiger charge is 2.23. The van der Waals surface area contributed by atoms with Crippen LogP contribution in [-0.4, -0.2) is 42.5 Å². The molecule has 7 nitrogen and oxygen atoms in total. The summed E-state index contributed by atoms with van der Waals surface area (Å²) >= 11 is 5.73. The minimum atomic E-state index is -0.972. The molecule has 2 N–H and O–H groups in total. The van der Waals surface area contributed by atoms with E-state index in [1.165, 1.54) is 18.5 Å². The van der Waals surface area contributed by atoms with E-state index in [4.69, 9.17) is 31.5 Å². The summed E-state index contributed by atoms with van der Waals surface area (Å²) < 4.78 is 45.1. The molecule has 0 radical (unpaired) electrons. The third kappa shape index (κ3) is 3.61. The summed E-state index contributed by atoms with van der Waals surface area (Å²) in [6, 6.07) is 5.67. The molecule has 0 spiro atoms. The first-order valence-electron chi connectivity index (χ1n) is 8.94. The van der Waals surface area contributed by atoms with Gasteiger partial charge in [0.05, 0.1) is 36.3 Å². The number of hydrogen-bond acceptors (Lipinski definition) is 7. The van der Waals surface area contributed by atoms with Crippen LogP contribution in [0.2, 0.25) is 5.02 Å². The minimum Gasteiger partial charge on any atom is -0.489 e. The van der Waals surface area contributed by atoms with E-state index < -0.39 is 16.7 Å². The van der Waals surface area contributed by atoms with Crippen LogP contribution < -0.4 is 10.5 Å². The summed E-state index contributed by atoms with van der Waals surface area (Å²) in [4.78, 5) is 8.17. The molecule has 4 rings (SSSR count). The number of ether oxygens (including phenoxy) is 3. The van der Waals surface area contributed by atoms with Crippen LogP contribution in [0.5, 0.6) is 5.75 Å². The SMILES string of the molecule is N#Cc1cc(-c2ccc(F)c(Cl)c2F)c2ncnc(N)c2c1OCC1COCCO1. The second-order valence-corrected chi connectivity index (χ2v) is 6.87. The van der Waals surface area contributed by atoms with Crippen LogP contribution in [0.3, 0.4) is 0 Å². The van der Waals surface area contributed by atoms with Crippen molar-refractivity contribution in [3.05, 3.63) is 46.7 Å². The summed E-state index contributed by atoms with van der Waals surface area (Å²) in [6.45, 7) is 1.40. The predicted octanol–water partition coefficient (Wildman–Crippen LogP) is 3.48. The highest BCUT2D eigenvalue weighted by Crippen LogP contribution is 2.40. The Morgan fingerprint density at radius 1 is 1.27 bits per heavy atom. The van der Waals surface area contributed by atoms with Gasteiger partial charge in [-0.3, -0.25) is 0 Å². The number of nitrogens with two attached hydrogens (primary N) is 1. The van der Waals surface area contributed by atoms with Crippen molar-refractivity contribution in [2.24, 2.45) is 0 Å². The third-order valence-corrected chi connectivity index (χ3v) is 4.98. The molecule has 10 heteroatoms. The summed E-state index contributed by atoms with van der Waals surface area (Å²) in [5, 5.41) is 9.28. The largest absolute Gasteiger partial charge is 0.489 e. The zero-order chi connectivity index (χ0) is 21.3. The Kier molecular flexibility index (Phi) is 5.63. The van der Waals surface area contributed by atoms with Crippen LogP contribution in [-0.2, 0) is 9.47 Å². The van der Waals surface area contributed by atoms with Crippen molar-refractivity contribution in [3.8, 4) is 22.9 Å². The topological polar surface area (TPSA) is 103 Å². The predicted molar refractivity (Wildman–Crippen MR) is 105 cm³/mol. The number of benzene rings is 2. The fraction of sp³-hybridized carbons (Fsp3) is 0.250. The van der Waals surface area contributed by atoms with Crippen molar-refractivity contribution in [2.45, 2.75) is 6.10 Å². The number of halogens is 3. The normalized spacial score (nSPS) is 16.4. The Morgan fingerprint density at radius 3 is 2.83 bits per heavy atom. The molecule has 154 valence electrons. The van der Waals surface area contributed by atoms with Gasteiger partial charge in [-0.25, -0.2) is 18.7 Å². The smallest absolute Gasteiger partial charge is 0.152 e. The molecule has 2 heterocycles. The number of anilines is 1. The third-order valence-electron chi connectivity index (χ3n) is 4.64. The Balaban J connectivity index is 1.88. The van der Waals surface area contributed by atoms with Crippen molar-refractivity contribution >= 4 is 28.3 Å². The molecule has 1 aliphatic rings. The summed E-state index contributed by atoms with van der Waals surface area (Å²) in [5.41, 5.74) is 6.54. The van der Waals surface area contributed by atoms with Crippen LogP contribution in [0.4, 0.5) is 14.6 Å². The number of rotatable bonds is 4. The van der Waals surface area contributed by atoms with Gasteiger partial charge in [0.2, 0.25) is 0 Å². The molecular weight excluding hydrogens is 418 g/mol. The zero-order valence-electron chi connectivity index (χ0n) is 15.5. The minimum absolute atomic E-state index is 0.0310. The Morgan fingerprint density at radius 2 is 2.10 bits per heavy atom. The van der Waals surface area contributed by atoms with Crippen LogP contribution in [0.15, 0.2) is 24.5 Å². The number of hydrogen-bond donors (Lipinski definition) is 1. The van der Waals surface area contributed by atoms with Crippen LogP contribution >= 0.6 is 11.6 Å². The molecule has 1 aromatic heterocycles. The molecule has 0 aliphatic carbocycles. The van der Waals surface area contributed by atoms with E-state index in [9.17, 15) is 14.0 Å². The van der Waals surface area contributed by atoms with Gasteiger partial charge in [0, 0.05) is 11.1 Å². The molecule has 0 bridgehead atoms. The van der Waals surface area contributed by atoms with Crippen molar-refractivity contribution in [3.63, 3.8) is 0 Å². The molecule has 1 aliphatic heterocycles. The van der Waals surface area contributed by atoms with E-state index >= 15 is 0 Å². The molecule has 0 saturated carbocycles. The summed E-state index contributed by atoms with van der Waals surface area (Å²) in [6.07, 6.45) is 0.886. The van der Waals surface area contributed by atoms with Gasteiger partial charge in [0.25, 0.3) is 0 Å². The molecule has 1 fully saturated rings. The molecule has 1 unspecified atom stereocenters. The van der Waals surface area contributed by atoms with Gasteiger partial charge in [-0.2, -0.15) is 5.26 Å². The van der Waals surface area contributed by atoms with E-state index in [-0.39, 0.29) is 51.9 Å². The molecule has 1 saturated heterocycles. The summed E-state index contributed by atoms with van der Waals surface area (Å²) in [7, 11) is 0. The van der Waals surface area contributed by atoms with E-state index in [0.717, 1.165) is 6.07 Å². The van der Waals surface area contributed by atoms with Gasteiger partial charge in [0.15, 0.2) is 5.82 Å². The van der Waals surface area contributed by atoms with E-state index in [2.05, 4.69) is 9.97 Å². The molecule has 0 amide bonds. The number of aromatic nitrogens is 2. The van der Waals surface area contributed by atoms with Gasteiger partial charge in [-0.1, -0.05) is 11.6 Å². The first-order chi connectivity index (χ1) is 14.5. The lowest BCUT2D eigenvalue weighted by Crippen LogP contribution is -2.33. The van der Waals surface area contributed by atoms with E-state index in [1.807, 2.05) is 6.07 Å². The molecule has 3 aromatic rings. The first kappa shape index (κ1) is 20.2. The first-order valence-corrected chi connectivity index (χ1v) is 9.32. The number of nitrogens with zero attached hydrogens (tertiary/aromatic N) is 3. The second kappa shape index (κ2) is 8.36. The van der Waals surface area contributed by atoms with Crippen molar-refractivity contribution in [1.29, 1.82) is 5.26 Å². The molecular formula is C20H15ClF2N4O3. The van der Waals surface area contributed by atoms with Gasteiger partial charge in [0.1, 0.15) is 47.5 Å². The molecule has 2 aromatic carbocycles. The van der Waals surface area contributed by atoms with Gasteiger partial charge in [-0.05, 0) is 18.2 Å². The lowest BCUT2D eigenvalue weighted by Gasteiger charge is -2.24. The maximum absolute atomic E-state index is 14.7. The van der Waals surface area contributed by atoms with Crippen molar-refractivity contribution in [2.75, 3.05) is 32.2 Å².